The zero-order valence-corrected chi connectivity index (χ0v) is 16.4. The highest BCUT2D eigenvalue weighted by Gasteiger charge is 2.10. The number of anilines is 2. The van der Waals surface area contributed by atoms with Gasteiger partial charge in [0.25, 0.3) is 0 Å². The van der Waals surface area contributed by atoms with Crippen LogP contribution in [0.2, 0.25) is 0 Å². The molecule has 0 aliphatic carbocycles. The van der Waals surface area contributed by atoms with Gasteiger partial charge in [0.1, 0.15) is 0 Å². The highest BCUT2D eigenvalue weighted by molar-refractivity contribution is 5.58. The molecule has 2 aromatic rings. The van der Waals surface area contributed by atoms with Crippen LogP contribution in [0.3, 0.4) is 0 Å². The number of aryl methyl sites for hydroxylation is 4. The van der Waals surface area contributed by atoms with Gasteiger partial charge >= 0.3 is 0 Å². The Morgan fingerprint density at radius 1 is 0.600 bits per heavy atom. The molecular weight excluding hydrogens is 304 g/mol. The Balaban J connectivity index is 2.41. The summed E-state index contributed by atoms with van der Waals surface area (Å²) in [5.41, 5.74) is 22.6. The molecule has 0 aliphatic rings. The predicted molar refractivity (Wildman–Crippen MR) is 111 cm³/mol. The maximum atomic E-state index is 6.35. The molecule has 0 atom stereocenters. The van der Waals surface area contributed by atoms with Crippen molar-refractivity contribution in [2.24, 2.45) is 0 Å². The van der Waals surface area contributed by atoms with E-state index in [1.54, 1.807) is 0 Å². The first-order chi connectivity index (χ1) is 12.0. The van der Waals surface area contributed by atoms with Gasteiger partial charge in [-0.15, -0.1) is 0 Å². The van der Waals surface area contributed by atoms with Crippen molar-refractivity contribution in [2.75, 3.05) is 11.5 Å². The molecule has 0 bridgehead atoms. The molecule has 4 N–H and O–H groups in total. The zero-order valence-electron chi connectivity index (χ0n) is 16.4. The molecule has 2 heteroatoms. The van der Waals surface area contributed by atoms with Gasteiger partial charge in [0.05, 0.1) is 0 Å². The summed E-state index contributed by atoms with van der Waals surface area (Å²) < 4.78 is 0. The number of hydrogen-bond acceptors (Lipinski definition) is 2. The Bertz CT molecular complexity index is 655. The molecule has 0 aliphatic heterocycles. The smallest absolute Gasteiger partial charge is 0.0379 e. The predicted octanol–water partition coefficient (Wildman–Crippen LogP) is 5.47. The van der Waals surface area contributed by atoms with E-state index in [1.807, 2.05) is 0 Å². The fraction of sp³-hybridized carbons (Fsp3) is 0.478. The molecule has 0 radical (unpaired) electrons. The minimum absolute atomic E-state index is 0.952. The second-order valence-electron chi connectivity index (χ2n) is 7.04. The Kier molecular flexibility index (Phi) is 6.92. The average molecular weight is 339 g/mol. The van der Waals surface area contributed by atoms with E-state index in [2.05, 4.69) is 52.0 Å². The summed E-state index contributed by atoms with van der Waals surface area (Å²) in [6, 6.07) is 9.19. The van der Waals surface area contributed by atoms with E-state index in [0.29, 0.717) is 0 Å². The van der Waals surface area contributed by atoms with Crippen molar-refractivity contribution < 1.29 is 0 Å². The highest BCUT2D eigenvalue weighted by Crippen LogP contribution is 2.27. The van der Waals surface area contributed by atoms with Gasteiger partial charge in [-0.3, -0.25) is 0 Å². The van der Waals surface area contributed by atoms with Crippen LogP contribution in [0.4, 0.5) is 11.4 Å². The number of nitrogen functional groups attached to an aromatic ring is 2. The maximum absolute atomic E-state index is 6.35. The first-order valence-corrected chi connectivity index (χ1v) is 9.84. The average Bonchev–Trinajstić information content (AvgIpc) is 2.60. The van der Waals surface area contributed by atoms with Crippen LogP contribution in [0, 0.1) is 0 Å². The van der Waals surface area contributed by atoms with E-state index < -0.39 is 0 Å². The van der Waals surface area contributed by atoms with Gasteiger partial charge in [0, 0.05) is 11.4 Å². The molecule has 25 heavy (non-hydrogen) atoms. The Morgan fingerprint density at radius 3 is 1.28 bits per heavy atom. The van der Waals surface area contributed by atoms with Gasteiger partial charge in [0.2, 0.25) is 0 Å². The topological polar surface area (TPSA) is 52.0 Å². The van der Waals surface area contributed by atoms with Gasteiger partial charge < -0.3 is 11.5 Å². The zero-order chi connectivity index (χ0) is 18.4. The highest BCUT2D eigenvalue weighted by atomic mass is 14.6. The third kappa shape index (κ3) is 4.56. The van der Waals surface area contributed by atoms with E-state index in [-0.39, 0.29) is 0 Å². The van der Waals surface area contributed by atoms with Crippen molar-refractivity contribution in [1.82, 2.24) is 0 Å². The number of hydrogen-bond donors (Lipinski definition) is 2. The van der Waals surface area contributed by atoms with Crippen LogP contribution >= 0.6 is 0 Å². The third-order valence-corrected chi connectivity index (χ3v) is 5.03. The van der Waals surface area contributed by atoms with Gasteiger partial charge in [-0.25, -0.2) is 0 Å². The van der Waals surface area contributed by atoms with Crippen LogP contribution in [0.5, 0.6) is 0 Å². The summed E-state index contributed by atoms with van der Waals surface area (Å²) in [6.07, 6.45) is 7.27. The van der Waals surface area contributed by atoms with Crippen molar-refractivity contribution in [3.8, 4) is 0 Å². The van der Waals surface area contributed by atoms with Crippen LogP contribution in [0.15, 0.2) is 24.3 Å². The van der Waals surface area contributed by atoms with E-state index in [1.165, 1.54) is 33.4 Å². The SMILES string of the molecule is CCCc1cc(Cc2cc(CC)c(N)c(CCC)c2)cc(CC)c1N. The molecule has 2 rings (SSSR count). The quantitative estimate of drug-likeness (QED) is 0.627. The van der Waals surface area contributed by atoms with Crippen LogP contribution in [0.25, 0.3) is 0 Å². The molecule has 0 saturated carbocycles. The van der Waals surface area contributed by atoms with E-state index >= 15 is 0 Å². The molecule has 0 unspecified atom stereocenters. The molecule has 0 saturated heterocycles. The molecule has 0 heterocycles. The summed E-state index contributed by atoms with van der Waals surface area (Å²) >= 11 is 0. The van der Waals surface area contributed by atoms with E-state index in [0.717, 1.165) is 56.3 Å². The van der Waals surface area contributed by atoms with E-state index in [9.17, 15) is 0 Å². The standard InChI is InChI=1S/C23H34N2/c1-5-9-20-14-16(12-18(7-3)22(20)24)11-17-13-19(8-4)23(25)21(15-17)10-6-2/h12-15H,5-11,24-25H2,1-4H3. The van der Waals surface area contributed by atoms with Gasteiger partial charge in [0.15, 0.2) is 0 Å². The summed E-state index contributed by atoms with van der Waals surface area (Å²) in [6.45, 7) is 8.79. The normalized spacial score (nSPS) is 11.0. The summed E-state index contributed by atoms with van der Waals surface area (Å²) in [5, 5.41) is 0. The van der Waals surface area contributed by atoms with Crippen molar-refractivity contribution in [1.29, 1.82) is 0 Å². The fourth-order valence-corrected chi connectivity index (χ4v) is 3.68. The maximum Gasteiger partial charge on any atom is 0.0379 e. The molecular formula is C23H34N2. The lowest BCUT2D eigenvalue weighted by molar-refractivity contribution is 0.911. The molecule has 0 fully saturated rings. The summed E-state index contributed by atoms with van der Waals surface area (Å²) in [4.78, 5) is 0. The van der Waals surface area contributed by atoms with Gasteiger partial charge in [-0.1, -0.05) is 64.8 Å². The first kappa shape index (κ1) is 19.4. The van der Waals surface area contributed by atoms with Crippen molar-refractivity contribution in [3.05, 3.63) is 57.6 Å². The lowest BCUT2D eigenvalue weighted by Gasteiger charge is -2.16. The van der Waals surface area contributed by atoms with E-state index in [4.69, 9.17) is 11.5 Å². The lowest BCUT2D eigenvalue weighted by atomic mass is 9.92. The van der Waals surface area contributed by atoms with Crippen LogP contribution in [0.1, 0.15) is 73.9 Å². The first-order valence-electron chi connectivity index (χ1n) is 9.84. The minimum Gasteiger partial charge on any atom is -0.398 e. The monoisotopic (exact) mass is 338 g/mol. The third-order valence-electron chi connectivity index (χ3n) is 5.03. The Hall–Kier alpha value is -1.96. The number of nitrogens with two attached hydrogens (primary N) is 2. The van der Waals surface area contributed by atoms with Crippen LogP contribution in [-0.4, -0.2) is 0 Å². The largest absolute Gasteiger partial charge is 0.398 e. The van der Waals surface area contributed by atoms with Crippen LogP contribution < -0.4 is 11.5 Å². The van der Waals surface area contributed by atoms with Gasteiger partial charge in [-0.05, 0) is 65.5 Å². The second-order valence-corrected chi connectivity index (χ2v) is 7.04. The molecule has 0 aromatic heterocycles. The molecule has 0 amide bonds. The molecule has 2 aromatic carbocycles. The van der Waals surface area contributed by atoms with Crippen molar-refractivity contribution in [3.63, 3.8) is 0 Å². The fourth-order valence-electron chi connectivity index (χ4n) is 3.68. The van der Waals surface area contributed by atoms with Crippen molar-refractivity contribution in [2.45, 2.75) is 72.6 Å². The number of rotatable bonds is 8. The van der Waals surface area contributed by atoms with Gasteiger partial charge in [-0.2, -0.15) is 0 Å². The second kappa shape index (κ2) is 8.94. The summed E-state index contributed by atoms with van der Waals surface area (Å²) in [7, 11) is 0. The number of benzene rings is 2. The summed E-state index contributed by atoms with van der Waals surface area (Å²) in [5.74, 6) is 0. The molecule has 0 spiro atoms. The lowest BCUT2D eigenvalue weighted by Crippen LogP contribution is -2.04. The minimum atomic E-state index is 0.952. The Labute approximate surface area is 153 Å². The van der Waals surface area contributed by atoms with Crippen molar-refractivity contribution >= 4 is 11.4 Å². The molecule has 136 valence electrons. The Morgan fingerprint density at radius 2 is 0.960 bits per heavy atom. The van der Waals surface area contributed by atoms with Crippen LogP contribution in [-0.2, 0) is 32.1 Å². The molecule has 2 nitrogen and oxygen atoms in total.